The second-order valence-electron chi connectivity index (χ2n) is 1.13. The van der Waals surface area contributed by atoms with Crippen molar-refractivity contribution >= 4 is 11.3 Å². The average Bonchev–Trinajstić information content (AvgIpc) is 2.14. The van der Waals surface area contributed by atoms with E-state index >= 15 is 0 Å². The number of hydrogen-bond acceptors (Lipinski definition) is 3. The van der Waals surface area contributed by atoms with Gasteiger partial charge in [-0.05, 0) is 0 Å². The monoisotopic (exact) mass is 133 g/mol. The molecule has 8 heavy (non-hydrogen) atoms. The summed E-state index contributed by atoms with van der Waals surface area (Å²) in [6.07, 6.45) is 0. The van der Waals surface area contributed by atoms with Gasteiger partial charge in [0.05, 0.1) is 7.11 Å². The summed E-state index contributed by atoms with van der Waals surface area (Å²) in [5.74, 6) is 0. The molecule has 1 heterocycles. The van der Waals surface area contributed by atoms with E-state index in [0.29, 0.717) is 5.19 Å². The van der Waals surface area contributed by atoms with Crippen LogP contribution >= 0.6 is 11.3 Å². The fourth-order valence-corrected chi connectivity index (χ4v) is 0.786. The van der Waals surface area contributed by atoms with Crippen molar-refractivity contribution in [3.8, 4) is 5.19 Å². The third-order valence-electron chi connectivity index (χ3n) is 0.637. The fourth-order valence-electron chi connectivity index (χ4n) is 0.330. The molecule has 0 saturated carbocycles. The van der Waals surface area contributed by atoms with Gasteiger partial charge < -0.3 is 4.74 Å². The van der Waals surface area contributed by atoms with E-state index in [0.717, 1.165) is 11.3 Å². The molecule has 0 fully saturated rings. The maximum absolute atomic E-state index is 10.3. The quantitative estimate of drug-likeness (QED) is 0.548. The molecule has 0 radical (unpaired) electrons. The van der Waals surface area contributed by atoms with Gasteiger partial charge in [0.1, 0.15) is 0 Å². The Balaban J connectivity index is 3.01. The fraction of sp³-hybridized carbons (Fsp3) is 0.333. The topological polar surface area (TPSA) is 56.2 Å². The zero-order valence-corrected chi connectivity index (χ0v) is 5.04. The van der Waals surface area contributed by atoms with Gasteiger partial charge in [-0.3, -0.25) is 4.79 Å². The van der Waals surface area contributed by atoms with Gasteiger partial charge in [-0.1, -0.05) is 5.10 Å². The van der Waals surface area contributed by atoms with Crippen LogP contribution in [-0.2, 0) is 0 Å². The van der Waals surface area contributed by atoms with Crippen molar-refractivity contribution in [1.29, 1.82) is 0 Å². The van der Waals surface area contributed by atoms with E-state index in [1.54, 1.807) is 0 Å². The largest absolute Gasteiger partial charge is 0.456 e. The first kappa shape index (κ1) is 5.30. The third kappa shape index (κ3) is 0.865. The summed E-state index contributed by atoms with van der Waals surface area (Å²) in [6, 6.07) is 0. The molecule has 0 aliphatic carbocycles. The molecule has 4 nitrogen and oxygen atoms in total. The molecule has 1 aromatic heterocycles. The second kappa shape index (κ2) is 1.95. The molecule has 0 aliphatic heterocycles. The van der Waals surface area contributed by atoms with Crippen LogP contribution in [0, 0.1) is 0 Å². The Morgan fingerprint density at radius 2 is 2.62 bits per heavy atom. The van der Waals surface area contributed by atoms with Gasteiger partial charge in [0.2, 0.25) is 0 Å². The SMILES string of the molecule is COc1[nH+][nH]c(=O)s1. The lowest BCUT2D eigenvalue weighted by Crippen LogP contribution is -2.09. The summed E-state index contributed by atoms with van der Waals surface area (Å²) in [5.41, 5.74) is 0. The molecule has 0 atom stereocenters. The molecular formula is C3H5N2O2S+. The predicted molar refractivity (Wildman–Crippen MR) is 28.0 cm³/mol. The number of ether oxygens (including phenoxy) is 1. The Kier molecular flexibility index (Phi) is 1.29. The highest BCUT2D eigenvalue weighted by molar-refractivity contribution is 7.10. The average molecular weight is 133 g/mol. The summed E-state index contributed by atoms with van der Waals surface area (Å²) in [4.78, 5) is 10.2. The van der Waals surface area contributed by atoms with Crippen LogP contribution in [0.1, 0.15) is 0 Å². The van der Waals surface area contributed by atoms with E-state index < -0.39 is 0 Å². The summed E-state index contributed by atoms with van der Waals surface area (Å²) >= 11 is 0.999. The minimum absolute atomic E-state index is 0.137. The van der Waals surface area contributed by atoms with E-state index in [9.17, 15) is 4.79 Å². The Labute approximate surface area is 49.1 Å². The minimum Gasteiger partial charge on any atom is -0.438 e. The number of methoxy groups -OCH3 is 1. The smallest absolute Gasteiger partial charge is 0.438 e. The van der Waals surface area contributed by atoms with Crippen LogP contribution in [0.25, 0.3) is 0 Å². The Bertz CT molecular complexity index is 215. The first-order valence-electron chi connectivity index (χ1n) is 1.97. The molecule has 0 saturated heterocycles. The van der Waals surface area contributed by atoms with Crippen LogP contribution in [0.2, 0.25) is 0 Å². The molecule has 1 rings (SSSR count). The van der Waals surface area contributed by atoms with E-state index in [1.807, 2.05) is 0 Å². The van der Waals surface area contributed by atoms with E-state index in [4.69, 9.17) is 0 Å². The summed E-state index contributed by atoms with van der Waals surface area (Å²) < 4.78 is 4.67. The molecular weight excluding hydrogens is 128 g/mol. The number of rotatable bonds is 1. The van der Waals surface area contributed by atoms with Crippen molar-refractivity contribution in [2.75, 3.05) is 7.11 Å². The number of aromatic amines is 2. The number of aromatic nitrogens is 2. The van der Waals surface area contributed by atoms with Crippen molar-refractivity contribution < 1.29 is 9.84 Å². The number of hydrogen-bond donors (Lipinski definition) is 1. The summed E-state index contributed by atoms with van der Waals surface area (Å²) in [5, 5.41) is 5.34. The molecule has 44 valence electrons. The van der Waals surface area contributed by atoms with Crippen LogP contribution in [0.5, 0.6) is 5.19 Å². The van der Waals surface area contributed by atoms with Crippen LogP contribution in [0.15, 0.2) is 4.79 Å². The van der Waals surface area contributed by atoms with Gasteiger partial charge in [0, 0.05) is 11.3 Å². The molecule has 0 aliphatic rings. The third-order valence-corrected chi connectivity index (χ3v) is 1.38. The molecule has 0 amide bonds. The maximum Gasteiger partial charge on any atom is 0.456 e. The second-order valence-corrected chi connectivity index (χ2v) is 2.08. The van der Waals surface area contributed by atoms with E-state index in [-0.39, 0.29) is 4.87 Å². The maximum atomic E-state index is 10.3. The van der Waals surface area contributed by atoms with Crippen molar-refractivity contribution in [2.24, 2.45) is 0 Å². The van der Waals surface area contributed by atoms with Crippen LogP contribution in [0.4, 0.5) is 0 Å². The van der Waals surface area contributed by atoms with Gasteiger partial charge >= 0.3 is 10.1 Å². The lowest BCUT2D eigenvalue weighted by Gasteiger charge is -1.75. The highest BCUT2D eigenvalue weighted by Crippen LogP contribution is 1.98. The molecule has 0 aromatic carbocycles. The van der Waals surface area contributed by atoms with Crippen molar-refractivity contribution in [3.05, 3.63) is 9.67 Å². The lowest BCUT2D eigenvalue weighted by molar-refractivity contribution is -0.459. The first-order valence-corrected chi connectivity index (χ1v) is 2.79. The zero-order valence-electron chi connectivity index (χ0n) is 4.22. The molecule has 1 aromatic rings. The van der Waals surface area contributed by atoms with Gasteiger partial charge in [0.25, 0.3) is 0 Å². The molecule has 0 bridgehead atoms. The number of nitrogens with one attached hydrogen (secondary N) is 2. The molecule has 0 spiro atoms. The standard InChI is InChI=1S/C3H4N2O2S/c1-7-3-5-4-2(6)8-3/h1H3,(H,4,6)/p+1. The van der Waals surface area contributed by atoms with E-state index in [1.165, 1.54) is 7.11 Å². The molecule has 2 N–H and O–H groups in total. The normalized spacial score (nSPS) is 9.12. The number of H-pyrrole nitrogens is 2. The van der Waals surface area contributed by atoms with Gasteiger partial charge in [0.15, 0.2) is 0 Å². The Hall–Kier alpha value is -0.840. The molecule has 0 unspecified atom stereocenters. The van der Waals surface area contributed by atoms with E-state index in [2.05, 4.69) is 14.9 Å². The van der Waals surface area contributed by atoms with Crippen molar-refractivity contribution in [1.82, 2.24) is 5.10 Å². The Morgan fingerprint density at radius 3 is 2.88 bits per heavy atom. The Morgan fingerprint density at radius 1 is 1.88 bits per heavy atom. The summed E-state index contributed by atoms with van der Waals surface area (Å²) in [6.45, 7) is 0. The van der Waals surface area contributed by atoms with Crippen LogP contribution < -0.4 is 14.7 Å². The highest BCUT2D eigenvalue weighted by Gasteiger charge is 2.01. The van der Waals surface area contributed by atoms with Crippen LogP contribution in [0.3, 0.4) is 0 Å². The highest BCUT2D eigenvalue weighted by atomic mass is 32.1. The first-order chi connectivity index (χ1) is 3.83. The minimum atomic E-state index is -0.137. The van der Waals surface area contributed by atoms with Crippen LogP contribution in [-0.4, -0.2) is 12.2 Å². The lowest BCUT2D eigenvalue weighted by atomic mass is 11.4. The molecule has 5 heteroatoms. The summed E-state index contributed by atoms with van der Waals surface area (Å²) in [7, 11) is 1.50. The van der Waals surface area contributed by atoms with Crippen molar-refractivity contribution in [2.45, 2.75) is 0 Å². The van der Waals surface area contributed by atoms with Gasteiger partial charge in [-0.25, -0.2) is 0 Å². The van der Waals surface area contributed by atoms with Gasteiger partial charge in [-0.15, -0.1) is 5.10 Å². The zero-order chi connectivity index (χ0) is 5.98. The van der Waals surface area contributed by atoms with Crippen molar-refractivity contribution in [3.63, 3.8) is 0 Å². The van der Waals surface area contributed by atoms with Gasteiger partial charge in [-0.2, -0.15) is 0 Å². The predicted octanol–water partition coefficient (Wildman–Crippen LogP) is -0.741.